The second kappa shape index (κ2) is 12.0. The van der Waals surface area contributed by atoms with Gasteiger partial charge in [-0.15, -0.1) is 13.2 Å². The zero-order valence-electron chi connectivity index (χ0n) is 23.0. The molecule has 0 unspecified atom stereocenters. The fourth-order valence-electron chi connectivity index (χ4n) is 5.06. The van der Waals surface area contributed by atoms with E-state index in [0.717, 1.165) is 60.2 Å². The summed E-state index contributed by atoms with van der Waals surface area (Å²) >= 11 is 0. The van der Waals surface area contributed by atoms with Crippen molar-refractivity contribution < 1.29 is 37.3 Å². The van der Waals surface area contributed by atoms with Gasteiger partial charge in [-0.05, 0) is 48.7 Å². The minimum absolute atomic E-state index is 0.0867. The Morgan fingerprint density at radius 2 is 1.98 bits per heavy atom. The second-order valence-electron chi connectivity index (χ2n) is 10.3. The van der Waals surface area contributed by atoms with Crippen LogP contribution in [-0.2, 0) is 24.4 Å². The summed E-state index contributed by atoms with van der Waals surface area (Å²) in [5.41, 5.74) is 4.22. The Labute approximate surface area is 244 Å². The molecule has 2 aliphatic heterocycles. The summed E-state index contributed by atoms with van der Waals surface area (Å²) in [6.45, 7) is 3.51. The van der Waals surface area contributed by atoms with Gasteiger partial charge in [0.2, 0.25) is 11.8 Å². The van der Waals surface area contributed by atoms with Crippen LogP contribution >= 0.6 is 0 Å². The fraction of sp³-hybridized carbons (Fsp3) is 0.333. The Bertz CT molecular complexity index is 1650. The van der Waals surface area contributed by atoms with Crippen LogP contribution < -0.4 is 9.47 Å². The summed E-state index contributed by atoms with van der Waals surface area (Å²) < 4.78 is 54.3. The molecule has 1 fully saturated rings. The molecule has 0 spiro atoms. The first-order valence-corrected chi connectivity index (χ1v) is 13.8. The van der Waals surface area contributed by atoms with Gasteiger partial charge >= 0.3 is 12.3 Å². The summed E-state index contributed by atoms with van der Waals surface area (Å²) in [6, 6.07) is 13.1. The van der Waals surface area contributed by atoms with E-state index in [1.807, 2.05) is 12.1 Å². The number of hydrogen-bond acceptors (Lipinski definition) is 8. The number of nitrogens with zero attached hydrogens (tertiary/aromatic N) is 5. The summed E-state index contributed by atoms with van der Waals surface area (Å²) in [7, 11) is 0. The van der Waals surface area contributed by atoms with Gasteiger partial charge in [0.25, 0.3) is 0 Å². The summed E-state index contributed by atoms with van der Waals surface area (Å²) in [4.78, 5) is 27.0. The number of hydrogen-bond donors (Lipinski definition) is 1. The molecule has 4 aromatic rings. The molecular formula is C30H28F3N5O5. The molecule has 6 rings (SSSR count). The summed E-state index contributed by atoms with van der Waals surface area (Å²) in [5.74, 6) is -0.250. The van der Waals surface area contributed by atoms with Crippen LogP contribution in [0.15, 0.2) is 60.8 Å². The first kappa shape index (κ1) is 28.6. The Kier molecular flexibility index (Phi) is 8.00. The Morgan fingerprint density at radius 1 is 1.12 bits per heavy atom. The molecule has 1 saturated heterocycles. The van der Waals surface area contributed by atoms with Crippen molar-refractivity contribution in [2.45, 2.75) is 45.0 Å². The van der Waals surface area contributed by atoms with Gasteiger partial charge in [-0.2, -0.15) is 0 Å². The number of aromatic nitrogens is 4. The van der Waals surface area contributed by atoms with Gasteiger partial charge < -0.3 is 23.9 Å². The highest BCUT2D eigenvalue weighted by molar-refractivity contribution is 5.92. The molecule has 224 valence electrons. The first-order chi connectivity index (χ1) is 20.7. The number of carboxylic acid groups (broad SMARTS) is 1. The fourth-order valence-corrected chi connectivity index (χ4v) is 5.06. The third-order valence-electron chi connectivity index (χ3n) is 7.37. The predicted octanol–water partition coefficient (Wildman–Crippen LogP) is 5.08. The number of fused-ring (bicyclic) bond motifs is 1. The Hall–Kier alpha value is -4.49. The topological polar surface area (TPSA) is 112 Å². The quantitative estimate of drug-likeness (QED) is 0.268. The van der Waals surface area contributed by atoms with Crippen LogP contribution in [0.5, 0.6) is 11.8 Å². The number of benzene rings is 1. The number of halogens is 3. The van der Waals surface area contributed by atoms with E-state index in [0.29, 0.717) is 31.1 Å². The Balaban J connectivity index is 1.10. The molecule has 2 aliphatic rings. The molecule has 0 radical (unpaired) electrons. The number of imidazole rings is 1. The highest BCUT2D eigenvalue weighted by Crippen LogP contribution is 2.27. The third-order valence-corrected chi connectivity index (χ3v) is 7.37. The van der Waals surface area contributed by atoms with E-state index in [2.05, 4.69) is 30.2 Å². The van der Waals surface area contributed by atoms with Crippen molar-refractivity contribution in [3.05, 3.63) is 83.4 Å². The predicted molar refractivity (Wildman–Crippen MR) is 148 cm³/mol. The number of pyridine rings is 2. The molecule has 10 nitrogen and oxygen atoms in total. The molecular weight excluding hydrogens is 567 g/mol. The zero-order valence-corrected chi connectivity index (χ0v) is 23.0. The second-order valence-corrected chi connectivity index (χ2v) is 10.3. The number of carbonyl (C=O) groups is 1. The minimum Gasteiger partial charge on any atom is -0.478 e. The number of ether oxygens (including phenoxy) is 3. The van der Waals surface area contributed by atoms with Crippen molar-refractivity contribution in [3.8, 4) is 11.8 Å². The van der Waals surface area contributed by atoms with Crippen LogP contribution in [0, 0.1) is 0 Å². The van der Waals surface area contributed by atoms with Crippen molar-refractivity contribution in [1.29, 1.82) is 0 Å². The largest absolute Gasteiger partial charge is 0.574 e. The summed E-state index contributed by atoms with van der Waals surface area (Å²) in [5, 5.41) is 9.48. The first-order valence-electron chi connectivity index (χ1n) is 13.8. The molecule has 43 heavy (non-hydrogen) atoms. The van der Waals surface area contributed by atoms with Crippen LogP contribution in [0.4, 0.5) is 13.2 Å². The maximum atomic E-state index is 12.3. The van der Waals surface area contributed by atoms with E-state index in [4.69, 9.17) is 14.5 Å². The van der Waals surface area contributed by atoms with E-state index in [1.165, 1.54) is 12.3 Å². The number of aromatic carboxylic acids is 1. The van der Waals surface area contributed by atoms with Crippen LogP contribution in [0.1, 0.15) is 40.3 Å². The number of carboxylic acids is 1. The van der Waals surface area contributed by atoms with Crippen molar-refractivity contribution >= 4 is 22.6 Å². The molecule has 5 heterocycles. The van der Waals surface area contributed by atoms with Crippen molar-refractivity contribution in [2.75, 3.05) is 19.7 Å². The molecule has 3 aromatic heterocycles. The van der Waals surface area contributed by atoms with E-state index < -0.39 is 18.2 Å². The molecule has 13 heteroatoms. The average Bonchev–Trinajstić information content (AvgIpc) is 3.30. The van der Waals surface area contributed by atoms with Gasteiger partial charge in [-0.25, -0.2) is 19.7 Å². The van der Waals surface area contributed by atoms with Crippen molar-refractivity contribution in [3.63, 3.8) is 0 Å². The van der Waals surface area contributed by atoms with Crippen molar-refractivity contribution in [2.24, 2.45) is 0 Å². The van der Waals surface area contributed by atoms with Gasteiger partial charge in [0.05, 0.1) is 41.5 Å². The van der Waals surface area contributed by atoms with Gasteiger partial charge in [-0.3, -0.25) is 4.90 Å². The van der Waals surface area contributed by atoms with Gasteiger partial charge in [0, 0.05) is 43.6 Å². The van der Waals surface area contributed by atoms with Crippen LogP contribution in [-0.4, -0.2) is 67.7 Å². The SMILES string of the molecule is O=C(O)c1ccc2nc(CN3CC=C(c4cccc(OCc5ccc(OC(F)(F)F)nc5)n4)CC3)n(C[C@@H]3CCO3)c2c1. The van der Waals surface area contributed by atoms with E-state index in [-0.39, 0.29) is 18.3 Å². The van der Waals surface area contributed by atoms with Gasteiger partial charge in [0.15, 0.2) is 0 Å². The molecule has 0 bridgehead atoms. The van der Waals surface area contributed by atoms with Crippen LogP contribution in [0.2, 0.25) is 0 Å². The lowest BCUT2D eigenvalue weighted by Gasteiger charge is -2.29. The van der Waals surface area contributed by atoms with E-state index in [9.17, 15) is 23.1 Å². The van der Waals surface area contributed by atoms with Gasteiger partial charge in [-0.1, -0.05) is 12.1 Å². The van der Waals surface area contributed by atoms with Crippen LogP contribution in [0.3, 0.4) is 0 Å². The molecule has 1 N–H and O–H groups in total. The number of alkyl halides is 3. The molecule has 0 amide bonds. The lowest BCUT2D eigenvalue weighted by molar-refractivity contribution is -0.276. The maximum absolute atomic E-state index is 12.3. The highest BCUT2D eigenvalue weighted by Gasteiger charge is 2.31. The molecule has 0 saturated carbocycles. The normalized spacial score (nSPS) is 17.4. The Morgan fingerprint density at radius 3 is 2.65 bits per heavy atom. The smallest absolute Gasteiger partial charge is 0.478 e. The maximum Gasteiger partial charge on any atom is 0.574 e. The standard InChI is InChI=1S/C30H28F3N5O5/c31-30(32,33)43-27-7-4-19(15-34-27)18-42-28-3-1-2-23(36-28)20-8-11-37(12-9-20)17-26-35-24-6-5-21(29(39)40)14-25(24)38(26)16-22-10-13-41-22/h1-8,14-15,22H,9-13,16-18H2,(H,39,40)/t22-/m0/s1. The third kappa shape index (κ3) is 6.95. The van der Waals surface area contributed by atoms with Crippen LogP contribution in [0.25, 0.3) is 16.6 Å². The van der Waals surface area contributed by atoms with Crippen molar-refractivity contribution in [1.82, 2.24) is 24.4 Å². The number of rotatable bonds is 10. The lowest BCUT2D eigenvalue weighted by atomic mass is 10.0. The molecule has 1 aromatic carbocycles. The molecule has 1 atom stereocenters. The highest BCUT2D eigenvalue weighted by atomic mass is 19.4. The zero-order chi connectivity index (χ0) is 30.0. The minimum atomic E-state index is -4.80. The summed E-state index contributed by atoms with van der Waals surface area (Å²) in [6.07, 6.45) is 0.415. The van der Waals surface area contributed by atoms with E-state index >= 15 is 0 Å². The average molecular weight is 596 g/mol. The monoisotopic (exact) mass is 595 g/mol. The van der Waals surface area contributed by atoms with E-state index in [1.54, 1.807) is 24.3 Å². The lowest BCUT2D eigenvalue weighted by Crippen LogP contribution is -2.33. The molecule has 0 aliphatic carbocycles. The van der Waals surface area contributed by atoms with Gasteiger partial charge in [0.1, 0.15) is 12.4 Å².